The number of allylic oxidation sites excluding steroid dienone is 2. The molecule has 4 nitrogen and oxygen atoms in total. The molecule has 0 aliphatic heterocycles. The Hall–Kier alpha value is -2.36. The number of carbonyl (C=O) groups excluding carboxylic acids is 1. The maximum absolute atomic E-state index is 11.9. The molecule has 1 aliphatic rings. The number of rotatable bonds is 6. The number of hydrogen-bond donors (Lipinski definition) is 1. The number of para-hydroxylation sites is 1. The van der Waals surface area contributed by atoms with E-state index < -0.39 is 0 Å². The molecule has 114 valence electrons. The van der Waals surface area contributed by atoms with Crippen molar-refractivity contribution < 1.29 is 4.79 Å². The van der Waals surface area contributed by atoms with Crippen molar-refractivity contribution in [1.82, 2.24) is 15.1 Å². The quantitative estimate of drug-likeness (QED) is 0.833. The number of benzene rings is 1. The van der Waals surface area contributed by atoms with Crippen molar-refractivity contribution in [2.75, 3.05) is 6.54 Å². The highest BCUT2D eigenvalue weighted by Gasteiger charge is 2.13. The minimum absolute atomic E-state index is 0.145. The number of carbonyl (C=O) groups is 1. The van der Waals surface area contributed by atoms with Crippen molar-refractivity contribution in [2.24, 2.45) is 5.92 Å². The molecule has 0 saturated carbocycles. The molecular formula is C18H21N3O. The standard InChI is InChI=1S/C18H21N3O/c22-18(12-15-6-4-5-7-15)19-11-10-16-13-20-21(14-16)17-8-2-1-3-9-17/h1-4,6,8-9,13-15H,5,7,10-12H2,(H,19,22). The summed E-state index contributed by atoms with van der Waals surface area (Å²) < 4.78 is 1.86. The topological polar surface area (TPSA) is 46.9 Å². The van der Waals surface area contributed by atoms with Crippen LogP contribution in [-0.4, -0.2) is 22.2 Å². The Kier molecular flexibility index (Phi) is 4.68. The Morgan fingerprint density at radius 1 is 1.32 bits per heavy atom. The average molecular weight is 295 g/mol. The van der Waals surface area contributed by atoms with Crippen LogP contribution in [0.2, 0.25) is 0 Å². The van der Waals surface area contributed by atoms with Gasteiger partial charge in [-0.05, 0) is 42.9 Å². The van der Waals surface area contributed by atoms with Crippen molar-refractivity contribution in [3.63, 3.8) is 0 Å². The normalized spacial score (nSPS) is 16.8. The molecular weight excluding hydrogens is 274 g/mol. The van der Waals surface area contributed by atoms with Crippen LogP contribution in [0.5, 0.6) is 0 Å². The van der Waals surface area contributed by atoms with Crippen LogP contribution in [0.25, 0.3) is 5.69 Å². The van der Waals surface area contributed by atoms with Crippen LogP contribution < -0.4 is 5.32 Å². The number of hydrogen-bond acceptors (Lipinski definition) is 2. The van der Waals surface area contributed by atoms with Crippen LogP contribution in [-0.2, 0) is 11.2 Å². The Morgan fingerprint density at radius 3 is 2.95 bits per heavy atom. The molecule has 22 heavy (non-hydrogen) atoms. The summed E-state index contributed by atoms with van der Waals surface area (Å²) in [4.78, 5) is 11.9. The third kappa shape index (κ3) is 3.85. The van der Waals surface area contributed by atoms with Crippen LogP contribution in [0.4, 0.5) is 0 Å². The molecule has 1 atom stereocenters. The first-order valence-electron chi connectivity index (χ1n) is 7.83. The summed E-state index contributed by atoms with van der Waals surface area (Å²) in [6.07, 6.45) is 11.8. The fourth-order valence-electron chi connectivity index (χ4n) is 2.73. The van der Waals surface area contributed by atoms with Crippen LogP contribution in [0.3, 0.4) is 0 Å². The first kappa shape index (κ1) is 14.6. The van der Waals surface area contributed by atoms with E-state index in [1.165, 1.54) is 0 Å². The predicted octanol–water partition coefficient (Wildman–Crippen LogP) is 2.89. The first-order chi connectivity index (χ1) is 10.8. The zero-order valence-electron chi connectivity index (χ0n) is 12.6. The minimum atomic E-state index is 0.145. The zero-order chi connectivity index (χ0) is 15.2. The second-order valence-corrected chi connectivity index (χ2v) is 5.70. The van der Waals surface area contributed by atoms with E-state index in [0.717, 1.165) is 30.5 Å². The summed E-state index contributed by atoms with van der Waals surface area (Å²) in [7, 11) is 0. The molecule has 4 heteroatoms. The fourth-order valence-corrected chi connectivity index (χ4v) is 2.73. The van der Waals surface area contributed by atoms with Crippen molar-refractivity contribution >= 4 is 5.91 Å². The molecule has 1 N–H and O–H groups in total. The Bertz CT molecular complexity index is 645. The van der Waals surface area contributed by atoms with Gasteiger partial charge in [0, 0.05) is 19.2 Å². The van der Waals surface area contributed by atoms with Crippen LogP contribution in [0.1, 0.15) is 24.8 Å². The molecule has 1 amide bonds. The third-order valence-corrected chi connectivity index (χ3v) is 3.95. The van der Waals surface area contributed by atoms with Gasteiger partial charge in [0.05, 0.1) is 11.9 Å². The van der Waals surface area contributed by atoms with E-state index in [1.807, 2.05) is 47.4 Å². The highest BCUT2D eigenvalue weighted by atomic mass is 16.1. The molecule has 0 fully saturated rings. The summed E-state index contributed by atoms with van der Waals surface area (Å²) in [5.41, 5.74) is 2.18. The SMILES string of the molecule is O=C(CC1C=CCC1)NCCc1cnn(-c2ccccc2)c1. The molecule has 0 saturated heterocycles. The molecule has 0 bridgehead atoms. The minimum Gasteiger partial charge on any atom is -0.356 e. The number of nitrogens with one attached hydrogen (secondary N) is 1. The van der Waals surface area contributed by atoms with Gasteiger partial charge in [-0.25, -0.2) is 4.68 Å². The van der Waals surface area contributed by atoms with Gasteiger partial charge in [-0.2, -0.15) is 5.10 Å². The maximum Gasteiger partial charge on any atom is 0.220 e. The number of amides is 1. The van der Waals surface area contributed by atoms with Gasteiger partial charge in [0.1, 0.15) is 0 Å². The largest absolute Gasteiger partial charge is 0.356 e. The van der Waals surface area contributed by atoms with E-state index in [9.17, 15) is 4.79 Å². The van der Waals surface area contributed by atoms with Crippen LogP contribution in [0, 0.1) is 5.92 Å². The summed E-state index contributed by atoms with van der Waals surface area (Å²) in [6, 6.07) is 10.0. The molecule has 1 heterocycles. The van der Waals surface area contributed by atoms with Gasteiger partial charge >= 0.3 is 0 Å². The Labute approximate surface area is 130 Å². The Morgan fingerprint density at radius 2 is 2.18 bits per heavy atom. The van der Waals surface area contributed by atoms with E-state index in [4.69, 9.17) is 0 Å². The smallest absolute Gasteiger partial charge is 0.220 e. The lowest BCUT2D eigenvalue weighted by atomic mass is 10.1. The zero-order valence-corrected chi connectivity index (χ0v) is 12.6. The van der Waals surface area contributed by atoms with E-state index in [-0.39, 0.29) is 5.91 Å². The number of nitrogens with zero attached hydrogens (tertiary/aromatic N) is 2. The maximum atomic E-state index is 11.9. The monoisotopic (exact) mass is 295 g/mol. The van der Waals surface area contributed by atoms with Gasteiger partial charge < -0.3 is 5.32 Å². The molecule has 1 aromatic heterocycles. The van der Waals surface area contributed by atoms with E-state index in [2.05, 4.69) is 22.6 Å². The summed E-state index contributed by atoms with van der Waals surface area (Å²) >= 11 is 0. The molecule has 2 aromatic rings. The Balaban J connectivity index is 1.45. The van der Waals surface area contributed by atoms with Crippen LogP contribution in [0.15, 0.2) is 54.9 Å². The second-order valence-electron chi connectivity index (χ2n) is 5.70. The van der Waals surface area contributed by atoms with Crippen molar-refractivity contribution in [2.45, 2.75) is 25.7 Å². The predicted molar refractivity (Wildman–Crippen MR) is 86.8 cm³/mol. The average Bonchev–Trinajstić information content (AvgIpc) is 3.20. The molecule has 0 radical (unpaired) electrons. The van der Waals surface area contributed by atoms with Crippen molar-refractivity contribution in [1.29, 1.82) is 0 Å². The van der Waals surface area contributed by atoms with Crippen LogP contribution >= 0.6 is 0 Å². The first-order valence-corrected chi connectivity index (χ1v) is 7.83. The lowest BCUT2D eigenvalue weighted by Gasteiger charge is -2.08. The number of aromatic nitrogens is 2. The van der Waals surface area contributed by atoms with E-state index in [0.29, 0.717) is 18.9 Å². The molecule has 1 aliphatic carbocycles. The van der Waals surface area contributed by atoms with Gasteiger partial charge in [0.25, 0.3) is 0 Å². The highest BCUT2D eigenvalue weighted by Crippen LogP contribution is 2.19. The second kappa shape index (κ2) is 7.07. The lowest BCUT2D eigenvalue weighted by Crippen LogP contribution is -2.26. The third-order valence-electron chi connectivity index (χ3n) is 3.95. The van der Waals surface area contributed by atoms with E-state index >= 15 is 0 Å². The summed E-state index contributed by atoms with van der Waals surface area (Å²) in [6.45, 7) is 0.662. The molecule has 0 spiro atoms. The fraction of sp³-hybridized carbons (Fsp3) is 0.333. The van der Waals surface area contributed by atoms with Gasteiger partial charge in [0.2, 0.25) is 5.91 Å². The van der Waals surface area contributed by atoms with Crippen molar-refractivity contribution in [3.8, 4) is 5.69 Å². The van der Waals surface area contributed by atoms with Gasteiger partial charge in [-0.15, -0.1) is 0 Å². The van der Waals surface area contributed by atoms with Gasteiger partial charge in [-0.1, -0.05) is 30.4 Å². The van der Waals surface area contributed by atoms with E-state index in [1.54, 1.807) is 0 Å². The highest BCUT2D eigenvalue weighted by molar-refractivity contribution is 5.76. The van der Waals surface area contributed by atoms with Gasteiger partial charge in [-0.3, -0.25) is 4.79 Å². The summed E-state index contributed by atoms with van der Waals surface area (Å²) in [5.74, 6) is 0.577. The molecule has 1 unspecified atom stereocenters. The summed E-state index contributed by atoms with van der Waals surface area (Å²) in [5, 5.41) is 7.36. The molecule has 3 rings (SSSR count). The molecule has 1 aromatic carbocycles. The van der Waals surface area contributed by atoms with Crippen molar-refractivity contribution in [3.05, 3.63) is 60.4 Å². The van der Waals surface area contributed by atoms with Gasteiger partial charge in [0.15, 0.2) is 0 Å². The lowest BCUT2D eigenvalue weighted by molar-refractivity contribution is -0.121.